The molecule has 1 N–H and O–H groups in total. The summed E-state index contributed by atoms with van der Waals surface area (Å²) >= 11 is 0. The SMILES string of the molecule is CCOc1ccccc1NC(=O)C=Cc1ccc(C)o1. The van der Waals surface area contributed by atoms with Crippen LogP contribution in [0.3, 0.4) is 0 Å². The van der Waals surface area contributed by atoms with Crippen LogP contribution in [0.5, 0.6) is 5.75 Å². The van der Waals surface area contributed by atoms with Crippen LogP contribution < -0.4 is 10.1 Å². The molecular formula is C16H17NO3. The van der Waals surface area contributed by atoms with Crippen molar-refractivity contribution in [1.82, 2.24) is 0 Å². The molecule has 0 saturated carbocycles. The van der Waals surface area contributed by atoms with Crippen molar-refractivity contribution in [3.8, 4) is 5.75 Å². The highest BCUT2D eigenvalue weighted by Gasteiger charge is 2.04. The van der Waals surface area contributed by atoms with E-state index < -0.39 is 0 Å². The first-order valence-electron chi connectivity index (χ1n) is 6.46. The first kappa shape index (κ1) is 13.9. The molecule has 0 aliphatic heterocycles. The van der Waals surface area contributed by atoms with Crippen LogP contribution in [0.1, 0.15) is 18.4 Å². The van der Waals surface area contributed by atoms with Crippen molar-refractivity contribution >= 4 is 17.7 Å². The summed E-state index contributed by atoms with van der Waals surface area (Å²) < 4.78 is 10.8. The van der Waals surface area contributed by atoms with Gasteiger partial charge >= 0.3 is 0 Å². The average Bonchev–Trinajstić information content (AvgIpc) is 2.85. The van der Waals surface area contributed by atoms with Crippen LogP contribution in [0.2, 0.25) is 0 Å². The number of benzene rings is 1. The maximum Gasteiger partial charge on any atom is 0.248 e. The highest BCUT2D eigenvalue weighted by molar-refractivity contribution is 6.02. The molecule has 1 aromatic carbocycles. The number of aryl methyl sites for hydroxylation is 1. The molecule has 0 fully saturated rings. The number of furan rings is 1. The third kappa shape index (κ3) is 3.75. The molecule has 0 aliphatic rings. The molecule has 1 aromatic heterocycles. The zero-order chi connectivity index (χ0) is 14.4. The Hall–Kier alpha value is -2.49. The Kier molecular flexibility index (Phi) is 4.60. The first-order valence-corrected chi connectivity index (χ1v) is 6.46. The third-order valence-electron chi connectivity index (χ3n) is 2.60. The summed E-state index contributed by atoms with van der Waals surface area (Å²) in [5.74, 6) is 1.89. The highest BCUT2D eigenvalue weighted by Crippen LogP contribution is 2.23. The maximum atomic E-state index is 11.9. The standard InChI is InChI=1S/C16H17NO3/c1-3-19-15-7-5-4-6-14(15)17-16(18)11-10-13-9-8-12(2)20-13/h4-11H,3H2,1-2H3,(H,17,18). The normalized spacial score (nSPS) is 10.7. The molecule has 0 aliphatic carbocycles. The number of amides is 1. The molecule has 1 heterocycles. The molecule has 1 amide bonds. The van der Waals surface area contributed by atoms with Crippen LogP contribution >= 0.6 is 0 Å². The van der Waals surface area contributed by atoms with Gasteiger partial charge in [0.05, 0.1) is 12.3 Å². The zero-order valence-electron chi connectivity index (χ0n) is 11.6. The van der Waals surface area contributed by atoms with Gasteiger partial charge in [0.25, 0.3) is 0 Å². The predicted octanol–water partition coefficient (Wildman–Crippen LogP) is 3.64. The Morgan fingerprint density at radius 1 is 1.30 bits per heavy atom. The number of para-hydroxylation sites is 2. The number of anilines is 1. The summed E-state index contributed by atoms with van der Waals surface area (Å²) in [6, 6.07) is 11.0. The van der Waals surface area contributed by atoms with Crippen LogP contribution in [-0.2, 0) is 4.79 Å². The molecule has 0 spiro atoms. The van der Waals surface area contributed by atoms with E-state index in [0.29, 0.717) is 23.8 Å². The van der Waals surface area contributed by atoms with Crippen molar-refractivity contribution in [2.45, 2.75) is 13.8 Å². The van der Waals surface area contributed by atoms with Crippen molar-refractivity contribution in [2.75, 3.05) is 11.9 Å². The number of ether oxygens (including phenoxy) is 1. The van der Waals surface area contributed by atoms with E-state index >= 15 is 0 Å². The monoisotopic (exact) mass is 271 g/mol. The third-order valence-corrected chi connectivity index (χ3v) is 2.60. The number of carbonyl (C=O) groups excluding carboxylic acids is 1. The fraction of sp³-hybridized carbons (Fsp3) is 0.188. The second-order valence-electron chi connectivity index (χ2n) is 4.20. The van der Waals surface area contributed by atoms with E-state index in [1.165, 1.54) is 6.08 Å². The summed E-state index contributed by atoms with van der Waals surface area (Å²) in [7, 11) is 0. The molecule has 0 atom stereocenters. The van der Waals surface area contributed by atoms with Gasteiger partial charge in [0.2, 0.25) is 5.91 Å². The Balaban J connectivity index is 2.03. The Morgan fingerprint density at radius 2 is 2.10 bits per heavy atom. The minimum atomic E-state index is -0.230. The van der Waals surface area contributed by atoms with Gasteiger partial charge in [-0.2, -0.15) is 0 Å². The molecule has 20 heavy (non-hydrogen) atoms. The molecule has 0 saturated heterocycles. The topological polar surface area (TPSA) is 51.5 Å². The van der Waals surface area contributed by atoms with E-state index in [4.69, 9.17) is 9.15 Å². The zero-order valence-corrected chi connectivity index (χ0v) is 11.6. The molecule has 4 nitrogen and oxygen atoms in total. The van der Waals surface area contributed by atoms with Crippen molar-refractivity contribution in [1.29, 1.82) is 0 Å². The molecule has 4 heteroatoms. The number of rotatable bonds is 5. The summed E-state index contributed by atoms with van der Waals surface area (Å²) in [6.45, 7) is 4.31. The number of carbonyl (C=O) groups is 1. The number of nitrogens with one attached hydrogen (secondary N) is 1. The van der Waals surface area contributed by atoms with Gasteiger partial charge in [-0.1, -0.05) is 12.1 Å². The van der Waals surface area contributed by atoms with E-state index in [9.17, 15) is 4.79 Å². The van der Waals surface area contributed by atoms with Crippen molar-refractivity contribution < 1.29 is 13.9 Å². The average molecular weight is 271 g/mol. The van der Waals surface area contributed by atoms with Crippen LogP contribution in [0.4, 0.5) is 5.69 Å². The van der Waals surface area contributed by atoms with Gasteiger partial charge in [-0.3, -0.25) is 4.79 Å². The Labute approximate surface area is 118 Å². The lowest BCUT2D eigenvalue weighted by Crippen LogP contribution is -2.09. The molecule has 2 rings (SSSR count). The fourth-order valence-corrected chi connectivity index (χ4v) is 1.73. The van der Waals surface area contributed by atoms with Crippen molar-refractivity contribution in [2.24, 2.45) is 0 Å². The second kappa shape index (κ2) is 6.61. The lowest BCUT2D eigenvalue weighted by atomic mass is 10.3. The molecule has 104 valence electrons. The molecular weight excluding hydrogens is 254 g/mol. The largest absolute Gasteiger partial charge is 0.492 e. The summed E-state index contributed by atoms with van der Waals surface area (Å²) in [6.07, 6.45) is 3.06. The van der Waals surface area contributed by atoms with E-state index in [1.54, 1.807) is 12.1 Å². The minimum Gasteiger partial charge on any atom is -0.492 e. The Bertz CT molecular complexity index is 614. The van der Waals surface area contributed by atoms with Crippen LogP contribution in [0.15, 0.2) is 46.9 Å². The van der Waals surface area contributed by atoms with Crippen molar-refractivity contribution in [3.63, 3.8) is 0 Å². The summed E-state index contributed by atoms with van der Waals surface area (Å²) in [5.41, 5.74) is 0.652. The number of hydrogen-bond donors (Lipinski definition) is 1. The maximum absolute atomic E-state index is 11.9. The number of hydrogen-bond acceptors (Lipinski definition) is 3. The van der Waals surface area contributed by atoms with Gasteiger partial charge in [-0.25, -0.2) is 0 Å². The minimum absolute atomic E-state index is 0.230. The van der Waals surface area contributed by atoms with Gasteiger partial charge < -0.3 is 14.5 Å². The second-order valence-corrected chi connectivity index (χ2v) is 4.20. The quantitative estimate of drug-likeness (QED) is 0.845. The van der Waals surface area contributed by atoms with E-state index in [0.717, 1.165) is 5.76 Å². The van der Waals surface area contributed by atoms with E-state index in [2.05, 4.69) is 5.32 Å². The van der Waals surface area contributed by atoms with Crippen LogP contribution in [0, 0.1) is 6.92 Å². The molecule has 2 aromatic rings. The van der Waals surface area contributed by atoms with Gasteiger partial charge in [-0.15, -0.1) is 0 Å². The summed E-state index contributed by atoms with van der Waals surface area (Å²) in [5, 5.41) is 2.78. The lowest BCUT2D eigenvalue weighted by molar-refractivity contribution is -0.111. The van der Waals surface area contributed by atoms with Gasteiger partial charge in [0.15, 0.2) is 0 Å². The molecule has 0 radical (unpaired) electrons. The molecule has 0 bridgehead atoms. The lowest BCUT2D eigenvalue weighted by Gasteiger charge is -2.09. The van der Waals surface area contributed by atoms with E-state index in [-0.39, 0.29) is 5.91 Å². The first-order chi connectivity index (χ1) is 9.69. The van der Waals surface area contributed by atoms with Gasteiger partial charge in [-0.05, 0) is 44.2 Å². The summed E-state index contributed by atoms with van der Waals surface area (Å²) in [4.78, 5) is 11.9. The van der Waals surface area contributed by atoms with Crippen LogP contribution in [-0.4, -0.2) is 12.5 Å². The molecule has 0 unspecified atom stereocenters. The van der Waals surface area contributed by atoms with Crippen molar-refractivity contribution in [3.05, 3.63) is 54.0 Å². The van der Waals surface area contributed by atoms with E-state index in [1.807, 2.05) is 44.2 Å². The van der Waals surface area contributed by atoms with Gasteiger partial charge in [0, 0.05) is 6.08 Å². The smallest absolute Gasteiger partial charge is 0.248 e. The van der Waals surface area contributed by atoms with Crippen LogP contribution in [0.25, 0.3) is 6.08 Å². The fourth-order valence-electron chi connectivity index (χ4n) is 1.73. The van der Waals surface area contributed by atoms with Gasteiger partial charge in [0.1, 0.15) is 17.3 Å². The highest BCUT2D eigenvalue weighted by atomic mass is 16.5. The predicted molar refractivity (Wildman–Crippen MR) is 78.7 cm³/mol. The Morgan fingerprint density at radius 3 is 2.80 bits per heavy atom.